The molecule has 2 rings (SSSR count). The van der Waals surface area contributed by atoms with Gasteiger partial charge in [0.25, 0.3) is 5.91 Å². The van der Waals surface area contributed by atoms with E-state index in [2.05, 4.69) is 4.98 Å². The Morgan fingerprint density at radius 2 is 2.25 bits per heavy atom. The van der Waals surface area contributed by atoms with E-state index < -0.39 is 5.97 Å². The van der Waals surface area contributed by atoms with Crippen molar-refractivity contribution >= 4 is 11.9 Å². The Kier molecular flexibility index (Phi) is 4.71. The third-order valence-electron chi connectivity index (χ3n) is 3.69. The van der Waals surface area contributed by atoms with Crippen LogP contribution in [0, 0.1) is 12.8 Å². The van der Waals surface area contributed by atoms with E-state index >= 15 is 0 Å². The Labute approximate surface area is 118 Å². The predicted octanol–water partition coefficient (Wildman–Crippen LogP) is 2.11. The SMILES string of the molecule is Cc1cncc(C(=O)N2CCCC(CCC(=O)O)C2)c1. The largest absolute Gasteiger partial charge is 0.481 e. The van der Waals surface area contributed by atoms with Gasteiger partial charge in [-0.05, 0) is 43.7 Å². The summed E-state index contributed by atoms with van der Waals surface area (Å²) in [5, 5.41) is 8.74. The summed E-state index contributed by atoms with van der Waals surface area (Å²) in [7, 11) is 0. The van der Waals surface area contributed by atoms with Gasteiger partial charge >= 0.3 is 5.97 Å². The molecule has 1 amide bonds. The molecule has 1 aromatic heterocycles. The minimum atomic E-state index is -0.767. The number of aryl methyl sites for hydroxylation is 1. The second-order valence-corrected chi connectivity index (χ2v) is 5.44. The van der Waals surface area contributed by atoms with Crippen molar-refractivity contribution in [3.05, 3.63) is 29.6 Å². The van der Waals surface area contributed by atoms with E-state index in [9.17, 15) is 9.59 Å². The maximum Gasteiger partial charge on any atom is 0.303 e. The molecule has 0 spiro atoms. The number of carboxylic acids is 1. The lowest BCUT2D eigenvalue weighted by Crippen LogP contribution is -2.40. The van der Waals surface area contributed by atoms with Crippen LogP contribution in [0.25, 0.3) is 0 Å². The van der Waals surface area contributed by atoms with E-state index in [-0.39, 0.29) is 12.3 Å². The molecule has 1 fully saturated rings. The molecule has 0 bridgehead atoms. The highest BCUT2D eigenvalue weighted by molar-refractivity contribution is 5.94. The van der Waals surface area contributed by atoms with Crippen molar-refractivity contribution in [1.82, 2.24) is 9.88 Å². The number of hydrogen-bond acceptors (Lipinski definition) is 3. The molecular weight excluding hydrogens is 256 g/mol. The topological polar surface area (TPSA) is 70.5 Å². The number of carboxylic acid groups (broad SMARTS) is 1. The molecule has 1 unspecified atom stereocenters. The number of piperidine rings is 1. The molecule has 1 aromatic rings. The van der Waals surface area contributed by atoms with Gasteiger partial charge in [0.15, 0.2) is 0 Å². The van der Waals surface area contributed by atoms with Crippen molar-refractivity contribution < 1.29 is 14.7 Å². The van der Waals surface area contributed by atoms with Gasteiger partial charge in [-0.2, -0.15) is 0 Å². The van der Waals surface area contributed by atoms with Gasteiger partial charge in [0.1, 0.15) is 0 Å². The Balaban J connectivity index is 1.98. The number of hydrogen-bond donors (Lipinski definition) is 1. The molecule has 0 radical (unpaired) electrons. The maximum absolute atomic E-state index is 12.4. The van der Waals surface area contributed by atoms with Crippen LogP contribution in [0.2, 0.25) is 0 Å². The molecule has 5 heteroatoms. The van der Waals surface area contributed by atoms with Crippen molar-refractivity contribution in [3.8, 4) is 0 Å². The standard InChI is InChI=1S/C15H20N2O3/c1-11-7-13(9-16-8-11)15(20)17-6-2-3-12(10-17)4-5-14(18)19/h7-9,12H,2-6,10H2,1H3,(H,18,19). The fourth-order valence-corrected chi connectivity index (χ4v) is 2.67. The molecular formula is C15H20N2O3. The van der Waals surface area contributed by atoms with Crippen LogP contribution < -0.4 is 0 Å². The van der Waals surface area contributed by atoms with E-state index in [0.29, 0.717) is 24.4 Å². The van der Waals surface area contributed by atoms with E-state index in [1.165, 1.54) is 0 Å². The van der Waals surface area contributed by atoms with Crippen molar-refractivity contribution in [2.75, 3.05) is 13.1 Å². The third kappa shape index (κ3) is 3.79. The molecule has 20 heavy (non-hydrogen) atoms. The predicted molar refractivity (Wildman–Crippen MR) is 74.5 cm³/mol. The normalized spacial score (nSPS) is 18.9. The molecule has 1 aliphatic heterocycles. The molecule has 1 aliphatic rings. The number of nitrogens with zero attached hydrogens (tertiary/aromatic N) is 2. The second kappa shape index (κ2) is 6.50. The van der Waals surface area contributed by atoms with Crippen molar-refractivity contribution in [2.24, 2.45) is 5.92 Å². The Bertz CT molecular complexity index is 502. The molecule has 1 atom stereocenters. The number of carbonyl (C=O) groups excluding carboxylic acids is 1. The minimum absolute atomic E-state index is 0.00113. The van der Waals surface area contributed by atoms with Crippen molar-refractivity contribution in [1.29, 1.82) is 0 Å². The summed E-state index contributed by atoms with van der Waals surface area (Å²) in [6.45, 7) is 3.31. The lowest BCUT2D eigenvalue weighted by molar-refractivity contribution is -0.137. The quantitative estimate of drug-likeness (QED) is 0.914. The van der Waals surface area contributed by atoms with E-state index in [1.54, 1.807) is 12.4 Å². The highest BCUT2D eigenvalue weighted by Crippen LogP contribution is 2.22. The van der Waals surface area contributed by atoms with Gasteiger partial charge in [-0.1, -0.05) is 0 Å². The molecule has 1 saturated heterocycles. The summed E-state index contributed by atoms with van der Waals surface area (Å²) in [6, 6.07) is 1.84. The number of aliphatic carboxylic acids is 1. The molecule has 5 nitrogen and oxygen atoms in total. The summed E-state index contributed by atoms with van der Waals surface area (Å²) in [5.74, 6) is -0.473. The minimum Gasteiger partial charge on any atom is -0.481 e. The highest BCUT2D eigenvalue weighted by Gasteiger charge is 2.24. The Morgan fingerprint density at radius 3 is 2.95 bits per heavy atom. The molecule has 108 valence electrons. The van der Waals surface area contributed by atoms with Crippen molar-refractivity contribution in [2.45, 2.75) is 32.6 Å². The second-order valence-electron chi connectivity index (χ2n) is 5.44. The van der Waals surface area contributed by atoms with Crippen LogP contribution >= 0.6 is 0 Å². The zero-order valence-corrected chi connectivity index (χ0v) is 11.7. The number of rotatable bonds is 4. The fourth-order valence-electron chi connectivity index (χ4n) is 2.67. The van der Waals surface area contributed by atoms with Gasteiger partial charge in [-0.3, -0.25) is 14.6 Å². The van der Waals surface area contributed by atoms with Crippen LogP contribution in [0.15, 0.2) is 18.5 Å². The summed E-state index contributed by atoms with van der Waals surface area (Å²) in [5.41, 5.74) is 1.58. The highest BCUT2D eigenvalue weighted by atomic mass is 16.4. The number of amides is 1. The maximum atomic E-state index is 12.4. The molecule has 0 aromatic carbocycles. The number of pyridine rings is 1. The summed E-state index contributed by atoms with van der Waals surface area (Å²) in [4.78, 5) is 28.9. The smallest absolute Gasteiger partial charge is 0.303 e. The first-order chi connectivity index (χ1) is 9.56. The van der Waals surface area contributed by atoms with Gasteiger partial charge in [0.2, 0.25) is 0 Å². The molecule has 0 saturated carbocycles. The van der Waals surface area contributed by atoms with E-state index in [4.69, 9.17) is 5.11 Å². The van der Waals surface area contributed by atoms with Crippen LogP contribution in [0.1, 0.15) is 41.6 Å². The molecule has 2 heterocycles. The van der Waals surface area contributed by atoms with Gasteiger partial charge in [0, 0.05) is 31.9 Å². The third-order valence-corrected chi connectivity index (χ3v) is 3.69. The van der Waals surface area contributed by atoms with Crippen molar-refractivity contribution in [3.63, 3.8) is 0 Å². The number of likely N-dealkylation sites (tertiary alicyclic amines) is 1. The fraction of sp³-hybridized carbons (Fsp3) is 0.533. The zero-order chi connectivity index (χ0) is 14.5. The summed E-state index contributed by atoms with van der Waals surface area (Å²) < 4.78 is 0. The summed E-state index contributed by atoms with van der Waals surface area (Å²) in [6.07, 6.45) is 6.08. The average molecular weight is 276 g/mol. The molecule has 1 N–H and O–H groups in total. The number of carbonyl (C=O) groups is 2. The van der Waals surface area contributed by atoms with Gasteiger partial charge in [-0.15, -0.1) is 0 Å². The van der Waals surface area contributed by atoms with Gasteiger partial charge < -0.3 is 10.0 Å². The van der Waals surface area contributed by atoms with Crippen LogP contribution in [0.4, 0.5) is 0 Å². The van der Waals surface area contributed by atoms with E-state index in [1.807, 2.05) is 17.9 Å². The Hall–Kier alpha value is -1.91. The lowest BCUT2D eigenvalue weighted by Gasteiger charge is -2.32. The Morgan fingerprint density at radius 1 is 1.45 bits per heavy atom. The molecule has 0 aliphatic carbocycles. The first-order valence-electron chi connectivity index (χ1n) is 6.99. The summed E-state index contributed by atoms with van der Waals surface area (Å²) >= 11 is 0. The van der Waals surface area contributed by atoms with Gasteiger partial charge in [0.05, 0.1) is 5.56 Å². The first kappa shape index (κ1) is 14.5. The van der Waals surface area contributed by atoms with Crippen LogP contribution in [-0.2, 0) is 4.79 Å². The van der Waals surface area contributed by atoms with Crippen LogP contribution in [0.3, 0.4) is 0 Å². The first-order valence-corrected chi connectivity index (χ1v) is 6.99. The van der Waals surface area contributed by atoms with E-state index in [0.717, 1.165) is 24.9 Å². The number of aromatic nitrogens is 1. The van der Waals surface area contributed by atoms with Gasteiger partial charge in [-0.25, -0.2) is 0 Å². The lowest BCUT2D eigenvalue weighted by atomic mass is 9.93. The average Bonchev–Trinajstić information content (AvgIpc) is 2.44. The van der Waals surface area contributed by atoms with Crippen LogP contribution in [-0.4, -0.2) is 40.0 Å². The zero-order valence-electron chi connectivity index (χ0n) is 11.7. The monoisotopic (exact) mass is 276 g/mol. The van der Waals surface area contributed by atoms with Crippen LogP contribution in [0.5, 0.6) is 0 Å².